The lowest BCUT2D eigenvalue weighted by Crippen LogP contribution is -2.44. The van der Waals surface area contributed by atoms with Crippen molar-refractivity contribution in [3.8, 4) is 0 Å². The molecule has 14 heavy (non-hydrogen) atoms. The molecule has 0 N–H and O–H groups in total. The van der Waals surface area contributed by atoms with Gasteiger partial charge in [0, 0.05) is 34.1 Å². The minimum atomic E-state index is 0.00245. The number of nitrogens with zero attached hydrogens (tertiary/aromatic N) is 2. The Kier molecular flexibility index (Phi) is 3.49. The summed E-state index contributed by atoms with van der Waals surface area (Å²) in [6, 6.07) is 0. The predicted molar refractivity (Wildman–Crippen MR) is 53.7 cm³/mol. The summed E-state index contributed by atoms with van der Waals surface area (Å²) in [5.74, 6) is 0.208. The van der Waals surface area contributed by atoms with Gasteiger partial charge in [-0.1, -0.05) is 0 Å². The second-order valence-electron chi connectivity index (χ2n) is 4.04. The molecular formula is C10H18N2O2. The molecular weight excluding hydrogens is 180 g/mol. The molecule has 1 fully saturated rings. The molecule has 80 valence electrons. The lowest BCUT2D eigenvalue weighted by molar-refractivity contribution is -0.138. The first-order chi connectivity index (χ1) is 6.52. The Morgan fingerprint density at radius 2 is 2.00 bits per heavy atom. The molecule has 1 aliphatic heterocycles. The number of carbonyl (C=O) groups excluding carboxylic acids is 2. The van der Waals surface area contributed by atoms with Crippen LogP contribution in [0.5, 0.6) is 0 Å². The molecule has 0 bridgehead atoms. The van der Waals surface area contributed by atoms with Gasteiger partial charge in [-0.3, -0.25) is 9.59 Å². The van der Waals surface area contributed by atoms with E-state index in [9.17, 15) is 9.59 Å². The van der Waals surface area contributed by atoms with Crippen molar-refractivity contribution in [2.75, 3.05) is 27.2 Å². The van der Waals surface area contributed by atoms with Gasteiger partial charge < -0.3 is 9.80 Å². The second-order valence-corrected chi connectivity index (χ2v) is 4.04. The molecule has 0 spiro atoms. The molecule has 0 aliphatic carbocycles. The van der Waals surface area contributed by atoms with Crippen LogP contribution in [0.15, 0.2) is 0 Å². The largest absolute Gasteiger partial charge is 0.349 e. The fourth-order valence-corrected chi connectivity index (χ4v) is 1.83. The van der Waals surface area contributed by atoms with Gasteiger partial charge in [-0.05, 0) is 12.8 Å². The summed E-state index contributed by atoms with van der Waals surface area (Å²) < 4.78 is 0. The number of hydrogen-bond acceptors (Lipinski definition) is 2. The standard InChI is InChI=1S/C10H18N2O2/c1-8(13)12-6-4-5-9(7-12)10(14)11(2)3/h9H,4-7H2,1-3H3. The highest BCUT2D eigenvalue weighted by atomic mass is 16.2. The van der Waals surface area contributed by atoms with E-state index in [1.165, 1.54) is 0 Å². The second kappa shape index (κ2) is 4.44. The van der Waals surface area contributed by atoms with Gasteiger partial charge in [0.2, 0.25) is 11.8 Å². The minimum Gasteiger partial charge on any atom is -0.349 e. The molecule has 1 rings (SSSR count). The summed E-state index contributed by atoms with van der Waals surface area (Å²) in [7, 11) is 3.52. The number of likely N-dealkylation sites (tertiary alicyclic amines) is 1. The van der Waals surface area contributed by atoms with Crippen molar-refractivity contribution in [1.82, 2.24) is 9.80 Å². The van der Waals surface area contributed by atoms with Crippen molar-refractivity contribution in [2.24, 2.45) is 5.92 Å². The molecule has 1 aliphatic rings. The molecule has 0 aromatic heterocycles. The Bertz CT molecular complexity index is 238. The van der Waals surface area contributed by atoms with Gasteiger partial charge in [0.1, 0.15) is 0 Å². The van der Waals surface area contributed by atoms with Crippen LogP contribution >= 0.6 is 0 Å². The van der Waals surface area contributed by atoms with Crippen molar-refractivity contribution in [3.63, 3.8) is 0 Å². The smallest absolute Gasteiger partial charge is 0.226 e. The van der Waals surface area contributed by atoms with Gasteiger partial charge in [-0.2, -0.15) is 0 Å². The number of carbonyl (C=O) groups is 2. The molecule has 1 saturated heterocycles. The summed E-state index contributed by atoms with van der Waals surface area (Å²) in [6.45, 7) is 2.95. The number of amides is 2. The number of piperidine rings is 1. The van der Waals surface area contributed by atoms with Gasteiger partial charge in [0.05, 0.1) is 5.92 Å². The first kappa shape index (κ1) is 11.0. The zero-order valence-electron chi connectivity index (χ0n) is 9.12. The SMILES string of the molecule is CC(=O)N1CCCC(C(=O)N(C)C)C1. The van der Waals surface area contributed by atoms with E-state index in [0.717, 1.165) is 19.4 Å². The van der Waals surface area contributed by atoms with Gasteiger partial charge in [0.25, 0.3) is 0 Å². The Morgan fingerprint density at radius 1 is 1.36 bits per heavy atom. The van der Waals surface area contributed by atoms with E-state index in [-0.39, 0.29) is 17.7 Å². The molecule has 1 heterocycles. The van der Waals surface area contributed by atoms with Crippen LogP contribution in [0, 0.1) is 5.92 Å². The average molecular weight is 198 g/mol. The maximum absolute atomic E-state index is 11.7. The van der Waals surface area contributed by atoms with Crippen LogP contribution in [-0.2, 0) is 9.59 Å². The molecule has 1 unspecified atom stereocenters. The van der Waals surface area contributed by atoms with E-state index in [1.807, 2.05) is 0 Å². The number of rotatable bonds is 1. The summed E-state index contributed by atoms with van der Waals surface area (Å²) >= 11 is 0. The topological polar surface area (TPSA) is 40.6 Å². The third-order valence-electron chi connectivity index (χ3n) is 2.66. The maximum Gasteiger partial charge on any atom is 0.226 e. The van der Waals surface area contributed by atoms with Crippen molar-refractivity contribution >= 4 is 11.8 Å². The molecule has 0 aromatic carbocycles. The van der Waals surface area contributed by atoms with Crippen molar-refractivity contribution in [3.05, 3.63) is 0 Å². The van der Waals surface area contributed by atoms with Crippen molar-refractivity contribution < 1.29 is 9.59 Å². The monoisotopic (exact) mass is 198 g/mol. The first-order valence-electron chi connectivity index (χ1n) is 4.99. The van der Waals surface area contributed by atoms with E-state index < -0.39 is 0 Å². The first-order valence-corrected chi connectivity index (χ1v) is 4.99. The van der Waals surface area contributed by atoms with Crippen molar-refractivity contribution in [1.29, 1.82) is 0 Å². The van der Waals surface area contributed by atoms with E-state index in [1.54, 1.807) is 30.8 Å². The summed E-state index contributed by atoms with van der Waals surface area (Å²) in [6.07, 6.45) is 1.84. The van der Waals surface area contributed by atoms with E-state index in [2.05, 4.69) is 0 Å². The third-order valence-corrected chi connectivity index (χ3v) is 2.66. The highest BCUT2D eigenvalue weighted by Crippen LogP contribution is 2.17. The Hall–Kier alpha value is -1.06. The van der Waals surface area contributed by atoms with Gasteiger partial charge >= 0.3 is 0 Å². The normalized spacial score (nSPS) is 21.9. The van der Waals surface area contributed by atoms with Crippen molar-refractivity contribution in [2.45, 2.75) is 19.8 Å². The fraction of sp³-hybridized carbons (Fsp3) is 0.800. The van der Waals surface area contributed by atoms with Crippen LogP contribution in [0.4, 0.5) is 0 Å². The van der Waals surface area contributed by atoms with E-state index in [0.29, 0.717) is 6.54 Å². The van der Waals surface area contributed by atoms with E-state index in [4.69, 9.17) is 0 Å². The highest BCUT2D eigenvalue weighted by molar-refractivity contribution is 5.80. The molecule has 0 radical (unpaired) electrons. The summed E-state index contributed by atoms with van der Waals surface area (Å²) in [5.41, 5.74) is 0. The minimum absolute atomic E-state index is 0.00245. The Balaban J connectivity index is 2.56. The van der Waals surface area contributed by atoms with Gasteiger partial charge in [0.15, 0.2) is 0 Å². The highest BCUT2D eigenvalue weighted by Gasteiger charge is 2.27. The van der Waals surface area contributed by atoms with Crippen LogP contribution in [0.25, 0.3) is 0 Å². The Labute approximate surface area is 84.9 Å². The van der Waals surface area contributed by atoms with Crippen LogP contribution < -0.4 is 0 Å². The molecule has 0 aromatic rings. The van der Waals surface area contributed by atoms with Crippen LogP contribution in [0.3, 0.4) is 0 Å². The molecule has 2 amide bonds. The molecule has 1 atom stereocenters. The molecule has 4 nitrogen and oxygen atoms in total. The van der Waals surface area contributed by atoms with Crippen LogP contribution in [-0.4, -0.2) is 48.8 Å². The lowest BCUT2D eigenvalue weighted by atomic mass is 9.97. The maximum atomic E-state index is 11.7. The Morgan fingerprint density at radius 3 is 2.50 bits per heavy atom. The van der Waals surface area contributed by atoms with Crippen LogP contribution in [0.2, 0.25) is 0 Å². The summed E-state index contributed by atoms with van der Waals surface area (Å²) in [5, 5.41) is 0. The lowest BCUT2D eigenvalue weighted by Gasteiger charge is -2.32. The fourth-order valence-electron chi connectivity index (χ4n) is 1.83. The van der Waals surface area contributed by atoms with Gasteiger partial charge in [-0.25, -0.2) is 0 Å². The summed E-state index contributed by atoms with van der Waals surface area (Å²) in [4.78, 5) is 26.2. The average Bonchev–Trinajstić information content (AvgIpc) is 2.16. The predicted octanol–water partition coefficient (Wildman–Crippen LogP) is 0.333. The van der Waals surface area contributed by atoms with E-state index >= 15 is 0 Å². The zero-order chi connectivity index (χ0) is 10.7. The number of hydrogen-bond donors (Lipinski definition) is 0. The zero-order valence-corrected chi connectivity index (χ0v) is 9.12. The van der Waals surface area contributed by atoms with Crippen LogP contribution in [0.1, 0.15) is 19.8 Å². The third kappa shape index (κ3) is 2.47. The van der Waals surface area contributed by atoms with Gasteiger partial charge in [-0.15, -0.1) is 0 Å². The molecule has 0 saturated carbocycles. The quantitative estimate of drug-likeness (QED) is 0.609. The molecule has 4 heteroatoms.